The fourth-order valence-corrected chi connectivity index (χ4v) is 6.90. The maximum atomic E-state index is 2.53. The van der Waals surface area contributed by atoms with E-state index in [2.05, 4.69) is 133 Å². The van der Waals surface area contributed by atoms with Crippen LogP contribution in [0.25, 0.3) is 33.0 Å². The Morgan fingerprint density at radius 2 is 1.06 bits per heavy atom. The predicted octanol–water partition coefficient (Wildman–Crippen LogP) is 8.77. The molecule has 2 aliphatic rings. The Balaban J connectivity index is 1.60. The van der Waals surface area contributed by atoms with Crippen LogP contribution in [0.5, 0.6) is 0 Å². The topological polar surface area (TPSA) is 0 Å². The minimum atomic E-state index is -0.393. The van der Waals surface area contributed by atoms with Crippen molar-refractivity contribution < 1.29 is 0 Å². The van der Waals surface area contributed by atoms with Crippen LogP contribution in [-0.4, -0.2) is 0 Å². The molecule has 0 aliphatic heterocycles. The van der Waals surface area contributed by atoms with Crippen molar-refractivity contribution in [1.29, 1.82) is 0 Å². The fraction of sp³-hybridized carbons (Fsp3) is 0.0556. The first-order chi connectivity index (χ1) is 17.9. The molecule has 0 saturated carbocycles. The van der Waals surface area contributed by atoms with Gasteiger partial charge in [-0.15, -0.1) is 0 Å². The number of hydrogen-bond acceptors (Lipinski definition) is 0. The zero-order chi connectivity index (χ0) is 23.7. The van der Waals surface area contributed by atoms with Crippen LogP contribution >= 0.6 is 0 Å². The first-order valence-electron chi connectivity index (χ1n) is 12.7. The lowest BCUT2D eigenvalue weighted by Crippen LogP contribution is -2.34. The molecule has 0 aromatic heterocycles. The highest BCUT2D eigenvalue weighted by Gasteiger charge is 2.44. The third-order valence-electron chi connectivity index (χ3n) is 8.35. The second kappa shape index (κ2) is 7.29. The van der Waals surface area contributed by atoms with Crippen LogP contribution in [0.15, 0.2) is 133 Å². The molecule has 36 heavy (non-hydrogen) atoms. The van der Waals surface area contributed by atoms with Crippen molar-refractivity contribution in [3.05, 3.63) is 167 Å². The normalized spacial score (nSPS) is 14.2. The first kappa shape index (κ1) is 19.8. The van der Waals surface area contributed by atoms with Crippen molar-refractivity contribution in [3.8, 4) is 22.3 Å². The molecule has 0 atom stereocenters. The SMILES string of the molecule is c1ccc(C2(c3ccccc3)c3cc4c(cc3-c3cccc5cccc2c35)-c2ccccc2C4)cc1. The van der Waals surface area contributed by atoms with E-state index in [1.807, 2.05) is 0 Å². The largest absolute Gasteiger partial charge is 0.0713 e. The highest BCUT2D eigenvalue weighted by molar-refractivity contribution is 6.05. The third-order valence-corrected chi connectivity index (χ3v) is 8.35. The molecule has 0 nitrogen and oxygen atoms in total. The predicted molar refractivity (Wildman–Crippen MR) is 149 cm³/mol. The molecule has 0 saturated heterocycles. The van der Waals surface area contributed by atoms with Crippen LogP contribution in [0.3, 0.4) is 0 Å². The number of rotatable bonds is 2. The van der Waals surface area contributed by atoms with Gasteiger partial charge < -0.3 is 0 Å². The van der Waals surface area contributed by atoms with Crippen molar-refractivity contribution in [1.82, 2.24) is 0 Å². The van der Waals surface area contributed by atoms with Gasteiger partial charge in [-0.1, -0.05) is 127 Å². The molecule has 0 heterocycles. The van der Waals surface area contributed by atoms with E-state index in [-0.39, 0.29) is 0 Å². The summed E-state index contributed by atoms with van der Waals surface area (Å²) in [6.45, 7) is 0. The Kier molecular flexibility index (Phi) is 4.02. The number of hydrogen-bond donors (Lipinski definition) is 0. The van der Waals surface area contributed by atoms with Gasteiger partial charge in [0.25, 0.3) is 0 Å². The van der Waals surface area contributed by atoms with E-state index in [1.54, 1.807) is 0 Å². The standard InChI is InChI=1S/C36H24/c1-3-14-27(15-4-1)36(28-16-5-2-6-17-28)33-20-10-13-24-12-9-19-30(35(24)33)32-23-31-26(22-34(32)36)21-25-11-7-8-18-29(25)31/h1-20,22-23H,21H2. The summed E-state index contributed by atoms with van der Waals surface area (Å²) in [5, 5.41) is 2.67. The van der Waals surface area contributed by atoms with Crippen molar-refractivity contribution in [2.45, 2.75) is 11.8 Å². The van der Waals surface area contributed by atoms with E-state index in [1.165, 1.54) is 66.4 Å². The first-order valence-corrected chi connectivity index (χ1v) is 12.7. The third kappa shape index (κ3) is 2.49. The fourth-order valence-electron chi connectivity index (χ4n) is 6.90. The van der Waals surface area contributed by atoms with Crippen LogP contribution in [-0.2, 0) is 11.8 Å². The lowest BCUT2D eigenvalue weighted by molar-refractivity contribution is 0.748. The van der Waals surface area contributed by atoms with Crippen molar-refractivity contribution >= 4 is 10.8 Å². The Bertz CT molecular complexity index is 1750. The average molecular weight is 457 g/mol. The van der Waals surface area contributed by atoms with Crippen LogP contribution in [0.2, 0.25) is 0 Å². The van der Waals surface area contributed by atoms with Gasteiger partial charge in [-0.25, -0.2) is 0 Å². The van der Waals surface area contributed by atoms with Gasteiger partial charge in [-0.05, 0) is 78.9 Å². The summed E-state index contributed by atoms with van der Waals surface area (Å²) in [4.78, 5) is 0. The van der Waals surface area contributed by atoms with Gasteiger partial charge in [0.15, 0.2) is 0 Å². The van der Waals surface area contributed by atoms with Crippen LogP contribution < -0.4 is 0 Å². The van der Waals surface area contributed by atoms with Gasteiger partial charge in [-0.3, -0.25) is 0 Å². The molecule has 6 aromatic carbocycles. The lowest BCUT2D eigenvalue weighted by atomic mass is 9.59. The second-order valence-corrected chi connectivity index (χ2v) is 10.1. The molecule has 0 radical (unpaired) electrons. The minimum absolute atomic E-state index is 0.393. The van der Waals surface area contributed by atoms with Crippen LogP contribution in [0.1, 0.15) is 33.4 Å². The molecular formula is C36H24. The smallest absolute Gasteiger partial charge is 0.0622 e. The molecule has 0 spiro atoms. The summed E-state index contributed by atoms with van der Waals surface area (Å²) in [6, 6.07) is 49.8. The lowest BCUT2D eigenvalue weighted by Gasteiger charge is -2.42. The van der Waals surface area contributed by atoms with Crippen molar-refractivity contribution in [3.63, 3.8) is 0 Å². The summed E-state index contributed by atoms with van der Waals surface area (Å²) in [5.41, 5.74) is 13.3. The van der Waals surface area contributed by atoms with E-state index < -0.39 is 5.41 Å². The zero-order valence-corrected chi connectivity index (χ0v) is 19.9. The van der Waals surface area contributed by atoms with E-state index in [0.29, 0.717) is 0 Å². The van der Waals surface area contributed by atoms with Gasteiger partial charge >= 0.3 is 0 Å². The summed E-state index contributed by atoms with van der Waals surface area (Å²) in [7, 11) is 0. The zero-order valence-electron chi connectivity index (χ0n) is 19.9. The highest BCUT2D eigenvalue weighted by Crippen LogP contribution is 2.57. The van der Waals surface area contributed by atoms with Crippen molar-refractivity contribution in [2.75, 3.05) is 0 Å². The van der Waals surface area contributed by atoms with Crippen LogP contribution in [0.4, 0.5) is 0 Å². The molecule has 0 amide bonds. The Labute approximate surface area is 211 Å². The maximum absolute atomic E-state index is 2.53. The van der Waals surface area contributed by atoms with Gasteiger partial charge in [0.05, 0.1) is 5.41 Å². The maximum Gasteiger partial charge on any atom is 0.0713 e. The molecule has 168 valence electrons. The van der Waals surface area contributed by atoms with Gasteiger partial charge in [0.2, 0.25) is 0 Å². The highest BCUT2D eigenvalue weighted by atomic mass is 14.5. The van der Waals surface area contributed by atoms with E-state index >= 15 is 0 Å². The van der Waals surface area contributed by atoms with Crippen molar-refractivity contribution in [2.24, 2.45) is 0 Å². The summed E-state index contributed by atoms with van der Waals surface area (Å²) in [5.74, 6) is 0. The average Bonchev–Trinajstić information content (AvgIpc) is 3.31. The quantitative estimate of drug-likeness (QED) is 0.244. The summed E-state index contributed by atoms with van der Waals surface area (Å²) < 4.78 is 0. The molecule has 0 heteroatoms. The monoisotopic (exact) mass is 456 g/mol. The minimum Gasteiger partial charge on any atom is -0.0622 e. The van der Waals surface area contributed by atoms with Gasteiger partial charge in [0, 0.05) is 0 Å². The molecule has 0 fully saturated rings. The van der Waals surface area contributed by atoms with Gasteiger partial charge in [-0.2, -0.15) is 0 Å². The van der Waals surface area contributed by atoms with Crippen LogP contribution in [0, 0.1) is 0 Å². The molecule has 0 bridgehead atoms. The number of fused-ring (bicyclic) bond motifs is 5. The van der Waals surface area contributed by atoms with Gasteiger partial charge in [0.1, 0.15) is 0 Å². The Hall–Kier alpha value is -4.42. The molecule has 0 unspecified atom stereocenters. The molecule has 0 N–H and O–H groups in total. The summed E-state index contributed by atoms with van der Waals surface area (Å²) >= 11 is 0. The Morgan fingerprint density at radius 3 is 1.81 bits per heavy atom. The second-order valence-electron chi connectivity index (χ2n) is 10.1. The molecular weight excluding hydrogens is 432 g/mol. The summed E-state index contributed by atoms with van der Waals surface area (Å²) in [6.07, 6.45) is 0.990. The van der Waals surface area contributed by atoms with E-state index in [0.717, 1.165) is 6.42 Å². The van der Waals surface area contributed by atoms with E-state index in [9.17, 15) is 0 Å². The molecule has 2 aliphatic carbocycles. The molecule has 8 rings (SSSR count). The molecule has 6 aromatic rings. The van der Waals surface area contributed by atoms with E-state index in [4.69, 9.17) is 0 Å². The Morgan fingerprint density at radius 1 is 0.417 bits per heavy atom. The number of benzene rings is 6.